The van der Waals surface area contributed by atoms with Crippen molar-refractivity contribution in [1.29, 1.82) is 0 Å². The van der Waals surface area contributed by atoms with E-state index >= 15 is 0 Å². The molecule has 0 radical (unpaired) electrons. The molecule has 6 rings (SSSR count). The first kappa shape index (κ1) is 19.3. The molecule has 2 heterocycles. The van der Waals surface area contributed by atoms with E-state index in [1.807, 2.05) is 0 Å². The maximum Gasteiger partial charge on any atom is 0.233 e. The largest absolute Gasteiger partial charge is 0.368 e. The minimum Gasteiger partial charge on any atom is -0.368 e. The lowest BCUT2D eigenvalue weighted by Crippen LogP contribution is -2.49. The Bertz CT molecular complexity index is 859. The molecule has 1 aromatic rings. The molecular formula is C23H26FN3O3. The van der Waals surface area contributed by atoms with Crippen LogP contribution < -0.4 is 4.90 Å². The van der Waals surface area contributed by atoms with Crippen molar-refractivity contribution in [2.24, 2.45) is 23.7 Å². The van der Waals surface area contributed by atoms with Gasteiger partial charge in [0.1, 0.15) is 5.82 Å². The Kier molecular flexibility index (Phi) is 4.83. The van der Waals surface area contributed by atoms with Crippen molar-refractivity contribution in [3.63, 3.8) is 0 Å². The highest BCUT2D eigenvalue weighted by molar-refractivity contribution is 6.06. The molecule has 7 heteroatoms. The number of anilines is 1. The molecule has 158 valence electrons. The summed E-state index contributed by atoms with van der Waals surface area (Å²) in [5.41, 5.74) is 0.947. The van der Waals surface area contributed by atoms with Crippen molar-refractivity contribution >= 4 is 23.4 Å². The van der Waals surface area contributed by atoms with Gasteiger partial charge in [-0.2, -0.15) is 0 Å². The second-order valence-corrected chi connectivity index (χ2v) is 8.76. The molecule has 0 spiro atoms. The van der Waals surface area contributed by atoms with E-state index in [1.54, 1.807) is 17.0 Å². The number of halogens is 1. The Morgan fingerprint density at radius 1 is 0.900 bits per heavy atom. The van der Waals surface area contributed by atoms with Crippen molar-refractivity contribution < 1.29 is 18.8 Å². The van der Waals surface area contributed by atoms with E-state index in [0.29, 0.717) is 26.2 Å². The molecule has 1 aromatic carbocycles. The average molecular weight is 411 g/mol. The smallest absolute Gasteiger partial charge is 0.233 e. The molecule has 3 fully saturated rings. The number of nitrogens with zero attached hydrogens (tertiary/aromatic N) is 3. The average Bonchev–Trinajstić information content (AvgIpc) is 3.05. The van der Waals surface area contributed by atoms with Crippen LogP contribution in [0.15, 0.2) is 36.4 Å². The summed E-state index contributed by atoms with van der Waals surface area (Å²) in [7, 11) is 0. The van der Waals surface area contributed by atoms with Crippen LogP contribution in [-0.4, -0.2) is 60.2 Å². The summed E-state index contributed by atoms with van der Waals surface area (Å²) in [6.07, 6.45) is 6.35. The van der Waals surface area contributed by atoms with Gasteiger partial charge in [-0.3, -0.25) is 19.3 Å². The summed E-state index contributed by atoms with van der Waals surface area (Å²) >= 11 is 0. The van der Waals surface area contributed by atoms with Crippen LogP contribution >= 0.6 is 0 Å². The second-order valence-electron chi connectivity index (χ2n) is 8.76. The van der Waals surface area contributed by atoms with Crippen LogP contribution in [0.25, 0.3) is 0 Å². The maximum absolute atomic E-state index is 13.1. The molecule has 5 aliphatic rings. The Labute approximate surface area is 175 Å². The van der Waals surface area contributed by atoms with Crippen molar-refractivity contribution in [3.8, 4) is 0 Å². The predicted octanol–water partition coefficient (Wildman–Crippen LogP) is 2.06. The number of benzene rings is 1. The molecule has 3 aliphatic carbocycles. The first-order chi connectivity index (χ1) is 14.5. The lowest BCUT2D eigenvalue weighted by atomic mass is 9.63. The highest BCUT2D eigenvalue weighted by atomic mass is 19.1. The van der Waals surface area contributed by atoms with Crippen LogP contribution in [0.2, 0.25) is 0 Å². The maximum atomic E-state index is 13.1. The zero-order valence-corrected chi connectivity index (χ0v) is 16.9. The van der Waals surface area contributed by atoms with E-state index in [9.17, 15) is 18.8 Å². The normalized spacial score (nSPS) is 30.2. The first-order valence-corrected chi connectivity index (χ1v) is 10.8. The number of hydrogen-bond donors (Lipinski definition) is 0. The van der Waals surface area contributed by atoms with Gasteiger partial charge in [-0.25, -0.2) is 4.39 Å². The number of imide groups is 1. The fourth-order valence-electron chi connectivity index (χ4n) is 5.59. The minimum atomic E-state index is -0.262. The third-order valence-corrected chi connectivity index (χ3v) is 7.22. The minimum absolute atomic E-state index is 0.0228. The van der Waals surface area contributed by atoms with Crippen molar-refractivity contribution in [1.82, 2.24) is 9.80 Å². The van der Waals surface area contributed by atoms with Crippen LogP contribution in [0.1, 0.15) is 19.3 Å². The molecule has 30 heavy (non-hydrogen) atoms. The highest BCUT2D eigenvalue weighted by Gasteiger charge is 2.56. The van der Waals surface area contributed by atoms with Gasteiger partial charge >= 0.3 is 0 Å². The summed E-state index contributed by atoms with van der Waals surface area (Å²) < 4.78 is 13.1. The quantitative estimate of drug-likeness (QED) is 0.562. The lowest BCUT2D eigenvalue weighted by Gasteiger charge is -2.38. The third kappa shape index (κ3) is 3.20. The Morgan fingerprint density at radius 2 is 1.47 bits per heavy atom. The zero-order chi connectivity index (χ0) is 20.8. The molecule has 4 atom stereocenters. The van der Waals surface area contributed by atoms with Crippen molar-refractivity contribution in [2.75, 3.05) is 37.6 Å². The fraction of sp³-hybridized carbons (Fsp3) is 0.522. The summed E-state index contributed by atoms with van der Waals surface area (Å²) in [5, 5.41) is 0. The van der Waals surface area contributed by atoms with Gasteiger partial charge in [-0.1, -0.05) is 12.2 Å². The Morgan fingerprint density at radius 3 is 2.00 bits per heavy atom. The number of piperazine rings is 1. The Balaban J connectivity index is 1.15. The molecule has 1 saturated carbocycles. The summed E-state index contributed by atoms with van der Waals surface area (Å²) in [5.74, 6) is -0.525. The fourth-order valence-corrected chi connectivity index (χ4v) is 5.59. The van der Waals surface area contributed by atoms with Gasteiger partial charge < -0.3 is 9.80 Å². The van der Waals surface area contributed by atoms with Crippen molar-refractivity contribution in [3.05, 3.63) is 42.2 Å². The van der Waals surface area contributed by atoms with Gasteiger partial charge in [-0.15, -0.1) is 0 Å². The summed E-state index contributed by atoms with van der Waals surface area (Å²) in [6, 6.07) is 6.38. The van der Waals surface area contributed by atoms with E-state index in [-0.39, 0.29) is 60.2 Å². The highest BCUT2D eigenvalue weighted by Crippen LogP contribution is 2.49. The van der Waals surface area contributed by atoms with E-state index in [0.717, 1.165) is 18.5 Å². The van der Waals surface area contributed by atoms with Crippen LogP contribution in [0.3, 0.4) is 0 Å². The molecule has 2 aliphatic heterocycles. The first-order valence-electron chi connectivity index (χ1n) is 10.8. The zero-order valence-electron chi connectivity index (χ0n) is 16.9. The topological polar surface area (TPSA) is 60.9 Å². The standard InChI is InChI=1S/C23H26FN3O3/c24-17-5-7-18(8-6-17)25-11-13-26(14-12-25)19(28)9-10-27-22(29)20-15-1-2-16(4-3-15)21(20)23(27)30/h1-2,5-8,15-16,20-21H,3-4,9-14H2. The second kappa shape index (κ2) is 7.52. The number of hydrogen-bond acceptors (Lipinski definition) is 4. The van der Waals surface area contributed by atoms with E-state index in [4.69, 9.17) is 0 Å². The summed E-state index contributed by atoms with van der Waals surface area (Å²) in [6.45, 7) is 2.70. The summed E-state index contributed by atoms with van der Waals surface area (Å²) in [4.78, 5) is 43.7. The molecule has 4 unspecified atom stereocenters. The van der Waals surface area contributed by atoms with Gasteiger partial charge in [-0.05, 0) is 48.9 Å². The number of likely N-dealkylation sites (tertiary alicyclic amines) is 1. The Hall–Kier alpha value is -2.70. The lowest BCUT2D eigenvalue weighted by molar-refractivity contribution is -0.141. The van der Waals surface area contributed by atoms with Crippen molar-refractivity contribution in [2.45, 2.75) is 19.3 Å². The number of carbonyl (C=O) groups is 3. The van der Waals surface area contributed by atoms with E-state index in [1.165, 1.54) is 17.0 Å². The molecule has 0 aromatic heterocycles. The molecule has 3 amide bonds. The van der Waals surface area contributed by atoms with Crippen LogP contribution in [0.4, 0.5) is 10.1 Å². The third-order valence-electron chi connectivity index (χ3n) is 7.22. The molecular weight excluding hydrogens is 385 g/mol. The van der Waals surface area contributed by atoms with E-state index < -0.39 is 0 Å². The SMILES string of the molecule is O=C(CCN1C(=O)C2C3C=CC(CC3)C2C1=O)N1CCN(c2ccc(F)cc2)CC1. The molecule has 2 bridgehead atoms. The van der Waals surface area contributed by atoms with Gasteiger partial charge in [0, 0.05) is 44.8 Å². The number of rotatable bonds is 4. The van der Waals surface area contributed by atoms with Crippen LogP contribution in [0.5, 0.6) is 0 Å². The molecule has 6 nitrogen and oxygen atoms in total. The molecule has 2 saturated heterocycles. The number of allylic oxidation sites excluding steroid dienone is 2. The number of fused-ring (bicyclic) bond motifs is 1. The monoisotopic (exact) mass is 411 g/mol. The van der Waals surface area contributed by atoms with Gasteiger partial charge in [0.2, 0.25) is 17.7 Å². The van der Waals surface area contributed by atoms with Gasteiger partial charge in [0.15, 0.2) is 0 Å². The van der Waals surface area contributed by atoms with Gasteiger partial charge in [0.25, 0.3) is 0 Å². The number of carbonyl (C=O) groups excluding carboxylic acids is 3. The van der Waals surface area contributed by atoms with E-state index in [2.05, 4.69) is 17.1 Å². The number of amides is 3. The van der Waals surface area contributed by atoms with Crippen LogP contribution in [-0.2, 0) is 14.4 Å². The van der Waals surface area contributed by atoms with Crippen LogP contribution in [0, 0.1) is 29.5 Å². The molecule has 0 N–H and O–H groups in total. The predicted molar refractivity (Wildman–Crippen MR) is 109 cm³/mol. The van der Waals surface area contributed by atoms with Gasteiger partial charge in [0.05, 0.1) is 11.8 Å².